The average molecular weight is 353 g/mol. The molecule has 25 heavy (non-hydrogen) atoms. The Kier molecular flexibility index (Phi) is 3.90. The van der Waals surface area contributed by atoms with E-state index in [-0.39, 0.29) is 0 Å². The van der Waals surface area contributed by atoms with E-state index in [0.717, 1.165) is 18.8 Å². The first-order valence-corrected chi connectivity index (χ1v) is 10.3. The van der Waals surface area contributed by atoms with Gasteiger partial charge in [0, 0.05) is 35.5 Å². The summed E-state index contributed by atoms with van der Waals surface area (Å²) in [6.07, 6.45) is 2.53. The van der Waals surface area contributed by atoms with Crippen LogP contribution in [0.5, 0.6) is 5.75 Å². The van der Waals surface area contributed by atoms with E-state index >= 15 is 0 Å². The zero-order chi connectivity index (χ0) is 16.8. The molecule has 0 saturated carbocycles. The third-order valence-electron chi connectivity index (χ3n) is 5.86. The normalized spacial score (nSPS) is 24.4. The molecular weight excluding hydrogens is 328 g/mol. The van der Waals surface area contributed by atoms with Crippen molar-refractivity contribution in [3.8, 4) is 16.9 Å². The van der Waals surface area contributed by atoms with E-state index in [0.29, 0.717) is 12.0 Å². The molecular formula is C21H24N2OS. The van der Waals surface area contributed by atoms with Crippen LogP contribution in [-0.2, 0) is 0 Å². The van der Waals surface area contributed by atoms with Crippen molar-refractivity contribution in [3.63, 3.8) is 0 Å². The molecule has 3 aliphatic heterocycles. The number of thioether (sulfide) groups is 1. The molecule has 0 radical (unpaired) electrons. The second-order valence-electron chi connectivity index (χ2n) is 7.17. The zero-order valence-corrected chi connectivity index (χ0v) is 15.4. The van der Waals surface area contributed by atoms with E-state index in [1.54, 1.807) is 12.7 Å². The summed E-state index contributed by atoms with van der Waals surface area (Å²) in [4.78, 5) is 4.19. The van der Waals surface area contributed by atoms with E-state index in [1.807, 2.05) is 17.8 Å². The van der Waals surface area contributed by atoms with Crippen LogP contribution in [0, 0.1) is 0 Å². The minimum Gasteiger partial charge on any atom is -0.496 e. The van der Waals surface area contributed by atoms with Crippen LogP contribution >= 0.6 is 11.8 Å². The number of piperidine rings is 1. The molecule has 4 heteroatoms. The van der Waals surface area contributed by atoms with Gasteiger partial charge in [0.1, 0.15) is 5.75 Å². The van der Waals surface area contributed by atoms with Crippen LogP contribution in [0.3, 0.4) is 0 Å². The van der Waals surface area contributed by atoms with E-state index in [9.17, 15) is 0 Å². The molecule has 0 amide bonds. The Morgan fingerprint density at radius 1 is 1.24 bits per heavy atom. The summed E-state index contributed by atoms with van der Waals surface area (Å²) < 4.78 is 5.63. The van der Waals surface area contributed by atoms with E-state index in [2.05, 4.69) is 40.5 Å². The average Bonchev–Trinajstić information content (AvgIpc) is 2.83. The van der Waals surface area contributed by atoms with Gasteiger partial charge in [-0.1, -0.05) is 18.2 Å². The smallest absolute Gasteiger partial charge is 0.126 e. The minimum absolute atomic E-state index is 0.621. The van der Waals surface area contributed by atoms with Gasteiger partial charge in [0.25, 0.3) is 0 Å². The Morgan fingerprint density at radius 2 is 2.16 bits per heavy atom. The van der Waals surface area contributed by atoms with Crippen molar-refractivity contribution in [2.24, 2.45) is 0 Å². The molecule has 2 aromatic carbocycles. The fourth-order valence-electron chi connectivity index (χ4n) is 4.76. The van der Waals surface area contributed by atoms with Gasteiger partial charge in [-0.2, -0.15) is 0 Å². The lowest BCUT2D eigenvalue weighted by Crippen LogP contribution is -2.44. The predicted octanol–water partition coefficient (Wildman–Crippen LogP) is 4.12. The number of methoxy groups -OCH3 is 1. The maximum Gasteiger partial charge on any atom is 0.126 e. The van der Waals surface area contributed by atoms with E-state index < -0.39 is 0 Å². The fourth-order valence-corrected chi connectivity index (χ4v) is 5.84. The molecule has 0 aliphatic carbocycles. The van der Waals surface area contributed by atoms with Crippen LogP contribution in [0.25, 0.3) is 11.1 Å². The number of nitrogens with zero attached hydrogens (tertiary/aromatic N) is 1. The van der Waals surface area contributed by atoms with Crippen molar-refractivity contribution in [2.75, 3.05) is 37.4 Å². The van der Waals surface area contributed by atoms with Crippen LogP contribution in [0.4, 0.5) is 5.69 Å². The number of nitrogens with one attached hydrogen (secondary N) is 1. The van der Waals surface area contributed by atoms with Gasteiger partial charge in [0.2, 0.25) is 0 Å². The number of ether oxygens (including phenoxy) is 1. The molecule has 1 fully saturated rings. The van der Waals surface area contributed by atoms with Crippen molar-refractivity contribution in [1.82, 2.24) is 5.32 Å². The maximum atomic E-state index is 5.63. The number of rotatable bonds is 2. The highest BCUT2D eigenvalue weighted by atomic mass is 32.2. The van der Waals surface area contributed by atoms with Crippen molar-refractivity contribution in [1.29, 1.82) is 0 Å². The number of hydrogen-bond acceptors (Lipinski definition) is 4. The van der Waals surface area contributed by atoms with Crippen LogP contribution in [0.15, 0.2) is 41.3 Å². The standard InChI is InChI=1S/C21H24N2OS/c1-24-19-6-3-2-5-15(19)14-11-16-17-13-22-8-7-18(17)23-9-4-10-25-20(12-14)21(16)23/h2-3,5-6,11-12,17-18,22H,4,7-10,13H2,1H3/t17-,18-/m0/s1. The Balaban J connectivity index is 1.69. The summed E-state index contributed by atoms with van der Waals surface area (Å²) in [6.45, 7) is 3.46. The SMILES string of the molecule is COc1ccccc1-c1cc2c3c(c1)[C@@H]1CNCC[C@@H]1N3CCCS2. The number of fused-ring (bicyclic) bond motifs is 3. The summed E-state index contributed by atoms with van der Waals surface area (Å²) in [5.41, 5.74) is 5.57. The first-order valence-electron chi connectivity index (χ1n) is 9.28. The highest BCUT2D eigenvalue weighted by Crippen LogP contribution is 2.51. The fraction of sp³-hybridized carbons (Fsp3) is 0.429. The molecule has 3 heterocycles. The monoisotopic (exact) mass is 352 g/mol. The summed E-state index contributed by atoms with van der Waals surface area (Å²) >= 11 is 2.03. The van der Waals surface area contributed by atoms with Crippen molar-refractivity contribution < 1.29 is 4.74 Å². The minimum atomic E-state index is 0.621. The molecule has 0 bridgehead atoms. The molecule has 1 saturated heterocycles. The Labute approximate surface area is 153 Å². The van der Waals surface area contributed by atoms with Gasteiger partial charge in [0.15, 0.2) is 0 Å². The third-order valence-corrected chi connectivity index (χ3v) is 6.97. The molecule has 1 N–H and O–H groups in total. The first-order chi connectivity index (χ1) is 12.4. The molecule has 0 spiro atoms. The largest absolute Gasteiger partial charge is 0.496 e. The summed E-state index contributed by atoms with van der Waals surface area (Å²) in [6, 6.07) is 13.9. The van der Waals surface area contributed by atoms with Crippen LogP contribution in [-0.4, -0.2) is 38.5 Å². The molecule has 0 unspecified atom stereocenters. The molecule has 2 aromatic rings. The highest BCUT2D eigenvalue weighted by molar-refractivity contribution is 7.99. The van der Waals surface area contributed by atoms with Gasteiger partial charge < -0.3 is 15.0 Å². The van der Waals surface area contributed by atoms with Crippen LogP contribution in [0.1, 0.15) is 24.3 Å². The lowest BCUT2D eigenvalue weighted by Gasteiger charge is -2.33. The Bertz CT molecular complexity index is 806. The molecule has 130 valence electrons. The van der Waals surface area contributed by atoms with Crippen molar-refractivity contribution >= 4 is 17.4 Å². The second-order valence-corrected chi connectivity index (χ2v) is 8.31. The third kappa shape index (κ3) is 2.46. The van der Waals surface area contributed by atoms with E-state index in [4.69, 9.17) is 4.74 Å². The predicted molar refractivity (Wildman–Crippen MR) is 105 cm³/mol. The summed E-state index contributed by atoms with van der Waals surface area (Å²) in [5.74, 6) is 2.80. The number of anilines is 1. The van der Waals surface area contributed by atoms with Gasteiger partial charge in [-0.05, 0) is 54.5 Å². The van der Waals surface area contributed by atoms with Crippen LogP contribution < -0.4 is 15.0 Å². The topological polar surface area (TPSA) is 24.5 Å². The number of para-hydroxylation sites is 1. The molecule has 5 rings (SSSR count). The second kappa shape index (κ2) is 6.26. The van der Waals surface area contributed by atoms with E-state index in [1.165, 1.54) is 46.8 Å². The Hall–Kier alpha value is -1.65. The first kappa shape index (κ1) is 15.6. The van der Waals surface area contributed by atoms with Gasteiger partial charge in [-0.25, -0.2) is 0 Å². The van der Waals surface area contributed by atoms with Gasteiger partial charge >= 0.3 is 0 Å². The number of hydrogen-bond donors (Lipinski definition) is 1. The molecule has 3 aliphatic rings. The summed E-state index contributed by atoms with van der Waals surface area (Å²) in [5, 5.41) is 3.62. The van der Waals surface area contributed by atoms with Crippen molar-refractivity contribution in [3.05, 3.63) is 42.0 Å². The highest BCUT2D eigenvalue weighted by Gasteiger charge is 2.41. The van der Waals surface area contributed by atoms with Gasteiger partial charge in [0.05, 0.1) is 12.8 Å². The lowest BCUT2D eigenvalue weighted by molar-refractivity contribution is 0.403. The van der Waals surface area contributed by atoms with Crippen LogP contribution in [0.2, 0.25) is 0 Å². The number of benzene rings is 2. The van der Waals surface area contributed by atoms with Gasteiger partial charge in [-0.3, -0.25) is 0 Å². The maximum absolute atomic E-state index is 5.63. The Morgan fingerprint density at radius 3 is 3.08 bits per heavy atom. The zero-order valence-electron chi connectivity index (χ0n) is 14.6. The lowest BCUT2D eigenvalue weighted by atomic mass is 9.88. The van der Waals surface area contributed by atoms with Gasteiger partial charge in [-0.15, -0.1) is 11.8 Å². The summed E-state index contributed by atoms with van der Waals surface area (Å²) in [7, 11) is 1.76. The van der Waals surface area contributed by atoms with Crippen molar-refractivity contribution in [2.45, 2.75) is 29.7 Å². The molecule has 2 atom stereocenters. The quantitative estimate of drug-likeness (QED) is 0.879. The molecule has 0 aromatic heterocycles. The molecule has 3 nitrogen and oxygen atoms in total.